The minimum absolute atomic E-state index is 0.247. The van der Waals surface area contributed by atoms with Crippen LogP contribution < -0.4 is 4.98 Å². The van der Waals surface area contributed by atoms with Gasteiger partial charge in [-0.3, -0.25) is 0 Å². The average molecular weight is 502 g/mol. The zero-order chi connectivity index (χ0) is 25.6. The van der Waals surface area contributed by atoms with Crippen molar-refractivity contribution < 1.29 is 0 Å². The van der Waals surface area contributed by atoms with Gasteiger partial charge in [-0.05, 0) is 117 Å². The molecule has 204 valence electrons. The van der Waals surface area contributed by atoms with E-state index in [0.29, 0.717) is 5.41 Å². The monoisotopic (exact) mass is 501 g/mol. The van der Waals surface area contributed by atoms with Gasteiger partial charge in [0.25, 0.3) is 0 Å². The predicted octanol–water partition coefficient (Wildman–Crippen LogP) is 10.2. The van der Waals surface area contributed by atoms with Crippen LogP contribution in [-0.2, 0) is 0 Å². The van der Waals surface area contributed by atoms with Gasteiger partial charge in [0, 0.05) is 5.54 Å². The Morgan fingerprint density at radius 1 is 0.686 bits per heavy atom. The minimum atomic E-state index is -1.65. The molecule has 0 saturated heterocycles. The Labute approximate surface area is 221 Å². The maximum Gasteiger partial charge on any atom is 0.129 e. The van der Waals surface area contributed by atoms with Crippen LogP contribution in [0.2, 0.25) is 17.6 Å². The van der Waals surface area contributed by atoms with E-state index in [1.54, 1.807) is 19.3 Å². The number of fused-ring (bicyclic) bond motifs is 1. The Morgan fingerprint density at radius 2 is 1.29 bits per heavy atom. The van der Waals surface area contributed by atoms with E-state index in [4.69, 9.17) is 0 Å². The molecule has 6 unspecified atom stereocenters. The molecule has 0 bridgehead atoms. The van der Waals surface area contributed by atoms with Gasteiger partial charge < -0.3 is 4.98 Å². The number of rotatable bonds is 5. The van der Waals surface area contributed by atoms with E-state index in [-0.39, 0.29) is 5.54 Å². The third-order valence-electron chi connectivity index (χ3n) is 11.9. The molecular weight excluding hydrogens is 438 g/mol. The van der Waals surface area contributed by atoms with Crippen molar-refractivity contribution >= 4 is 8.24 Å². The molecule has 0 aromatic heterocycles. The summed E-state index contributed by atoms with van der Waals surface area (Å²) in [5.41, 5.74) is 2.76. The van der Waals surface area contributed by atoms with E-state index in [2.05, 4.69) is 66.9 Å². The van der Waals surface area contributed by atoms with E-state index in [0.717, 1.165) is 52.5 Å². The lowest BCUT2D eigenvalue weighted by molar-refractivity contribution is 0.0634. The van der Waals surface area contributed by atoms with Crippen LogP contribution in [0, 0.1) is 46.8 Å². The van der Waals surface area contributed by atoms with Crippen LogP contribution >= 0.6 is 0 Å². The van der Waals surface area contributed by atoms with E-state index < -0.39 is 8.24 Å². The van der Waals surface area contributed by atoms with Gasteiger partial charge in [-0.1, -0.05) is 86.1 Å². The molecule has 0 spiro atoms. The van der Waals surface area contributed by atoms with Crippen LogP contribution in [0.1, 0.15) is 139 Å². The summed E-state index contributed by atoms with van der Waals surface area (Å²) in [5, 5.41) is 0. The molecule has 4 aliphatic rings. The smallest absolute Gasteiger partial charge is 0.129 e. The fourth-order valence-corrected chi connectivity index (χ4v) is 17.3. The summed E-state index contributed by atoms with van der Waals surface area (Å²) in [6.45, 7) is 22.9. The SMILES string of the molecule is CC(C)C1CC2C(C3CCC(C(C)(C)C)CC3)CCCC2C1[Si](C)(NC(C)(C)C)C1CCCCC1. The molecule has 35 heavy (non-hydrogen) atoms. The van der Waals surface area contributed by atoms with E-state index in [9.17, 15) is 0 Å². The normalized spacial score (nSPS) is 39.4. The summed E-state index contributed by atoms with van der Waals surface area (Å²) in [6.07, 6.45) is 19.8. The molecule has 0 amide bonds. The molecule has 4 aliphatic carbocycles. The highest BCUT2D eigenvalue weighted by Gasteiger charge is 2.59. The molecule has 2 heteroatoms. The molecule has 4 rings (SSSR count). The van der Waals surface area contributed by atoms with Crippen molar-refractivity contribution in [3.05, 3.63) is 0 Å². The highest BCUT2D eigenvalue weighted by molar-refractivity contribution is 6.79. The number of nitrogens with one attached hydrogen (secondary N) is 1. The van der Waals surface area contributed by atoms with Gasteiger partial charge in [0.1, 0.15) is 8.24 Å². The van der Waals surface area contributed by atoms with Crippen molar-refractivity contribution in [1.29, 1.82) is 0 Å². The quantitative estimate of drug-likeness (QED) is 0.369. The molecule has 1 N–H and O–H groups in total. The van der Waals surface area contributed by atoms with Crippen LogP contribution in [0.4, 0.5) is 0 Å². The van der Waals surface area contributed by atoms with Crippen molar-refractivity contribution in [2.75, 3.05) is 0 Å². The summed E-state index contributed by atoms with van der Waals surface area (Å²) >= 11 is 0. The zero-order valence-electron chi connectivity index (χ0n) is 25.4. The second-order valence-electron chi connectivity index (χ2n) is 16.6. The lowest BCUT2D eigenvalue weighted by Crippen LogP contribution is -2.64. The van der Waals surface area contributed by atoms with Crippen molar-refractivity contribution in [3.63, 3.8) is 0 Å². The van der Waals surface area contributed by atoms with Crippen LogP contribution in [0.15, 0.2) is 0 Å². The number of hydrogen-bond acceptors (Lipinski definition) is 1. The molecule has 0 aromatic rings. The lowest BCUT2D eigenvalue weighted by Gasteiger charge is -2.52. The molecule has 4 saturated carbocycles. The lowest BCUT2D eigenvalue weighted by atomic mass is 9.61. The summed E-state index contributed by atoms with van der Waals surface area (Å²) in [7, 11) is -1.65. The highest BCUT2D eigenvalue weighted by Crippen LogP contribution is 2.64. The molecule has 0 aliphatic heterocycles. The first kappa shape index (κ1) is 28.2. The fraction of sp³-hybridized carbons (Fsp3) is 1.00. The standard InChI is InChI=1S/C33H63NSi/c1-23(2)29-22-30-27(24-18-20-25(21-19-24)32(3,4)5)16-13-17-28(30)31(29)35(9,34-33(6,7)8)26-14-11-10-12-15-26/h23-31,34H,10-22H2,1-9H3. The van der Waals surface area contributed by atoms with Crippen LogP contribution in [-0.4, -0.2) is 13.8 Å². The fourth-order valence-electron chi connectivity index (χ4n) is 10.5. The Hall–Kier alpha value is 0.177. The summed E-state index contributed by atoms with van der Waals surface area (Å²) in [6, 6.07) is 0. The minimum Gasteiger partial charge on any atom is -0.332 e. The molecule has 0 heterocycles. The van der Waals surface area contributed by atoms with E-state index in [1.165, 1.54) is 64.2 Å². The predicted molar refractivity (Wildman–Crippen MR) is 157 cm³/mol. The van der Waals surface area contributed by atoms with Gasteiger partial charge in [-0.2, -0.15) is 0 Å². The highest BCUT2D eigenvalue weighted by atomic mass is 28.3. The van der Waals surface area contributed by atoms with Gasteiger partial charge in [-0.15, -0.1) is 0 Å². The van der Waals surface area contributed by atoms with Crippen molar-refractivity contribution in [1.82, 2.24) is 4.98 Å². The van der Waals surface area contributed by atoms with Crippen LogP contribution in [0.3, 0.4) is 0 Å². The average Bonchev–Trinajstić information content (AvgIpc) is 3.19. The molecule has 6 atom stereocenters. The first-order valence-corrected chi connectivity index (χ1v) is 18.8. The Morgan fingerprint density at radius 3 is 1.83 bits per heavy atom. The molecular formula is C33H63NSi. The maximum atomic E-state index is 4.52. The molecule has 0 radical (unpaired) electrons. The largest absolute Gasteiger partial charge is 0.332 e. The Bertz CT molecular complexity index is 672. The van der Waals surface area contributed by atoms with Crippen molar-refractivity contribution in [2.24, 2.45) is 46.8 Å². The van der Waals surface area contributed by atoms with Gasteiger partial charge in [0.15, 0.2) is 0 Å². The van der Waals surface area contributed by atoms with Crippen molar-refractivity contribution in [2.45, 2.75) is 162 Å². The van der Waals surface area contributed by atoms with Crippen LogP contribution in [0.25, 0.3) is 0 Å². The number of hydrogen-bond donors (Lipinski definition) is 1. The van der Waals surface area contributed by atoms with Gasteiger partial charge in [-0.25, -0.2) is 0 Å². The van der Waals surface area contributed by atoms with Gasteiger partial charge in [0.2, 0.25) is 0 Å². The zero-order valence-corrected chi connectivity index (χ0v) is 26.4. The topological polar surface area (TPSA) is 12.0 Å². The second kappa shape index (κ2) is 10.7. The Kier molecular flexibility index (Phi) is 8.65. The van der Waals surface area contributed by atoms with E-state index in [1.807, 2.05) is 0 Å². The maximum absolute atomic E-state index is 4.52. The van der Waals surface area contributed by atoms with Crippen molar-refractivity contribution in [3.8, 4) is 0 Å². The summed E-state index contributed by atoms with van der Waals surface area (Å²) in [5.74, 6) is 6.90. The van der Waals surface area contributed by atoms with Crippen LogP contribution in [0.5, 0.6) is 0 Å². The molecule has 4 fully saturated rings. The first-order valence-electron chi connectivity index (χ1n) is 16.1. The third-order valence-corrected chi connectivity index (χ3v) is 17.7. The summed E-state index contributed by atoms with van der Waals surface area (Å²) < 4.78 is 0. The van der Waals surface area contributed by atoms with Gasteiger partial charge in [0.05, 0.1) is 0 Å². The van der Waals surface area contributed by atoms with E-state index >= 15 is 0 Å². The summed E-state index contributed by atoms with van der Waals surface area (Å²) in [4.78, 5) is 4.52. The van der Waals surface area contributed by atoms with Gasteiger partial charge >= 0.3 is 0 Å². The third kappa shape index (κ3) is 6.10. The molecule has 0 aromatic carbocycles. The first-order chi connectivity index (χ1) is 16.3. The second-order valence-corrected chi connectivity index (χ2v) is 20.9. The molecule has 1 nitrogen and oxygen atoms in total. The Balaban J connectivity index is 1.60.